The molecule has 0 radical (unpaired) electrons. The summed E-state index contributed by atoms with van der Waals surface area (Å²) in [4.78, 5) is 13.1. The molecule has 2 aromatic carbocycles. The fourth-order valence-electron chi connectivity index (χ4n) is 3.56. The maximum absolute atomic E-state index is 13.5. The number of carbonyl (C=O) groups excluding carboxylic acids is 1. The molecule has 0 aliphatic heterocycles. The second kappa shape index (κ2) is 9.94. The standard InChI is InChI=1S/C24H28N2O4S/c1-18-19(2)26(16-17-30-3)24(23(18)31(28,29)21-12-8-5-9-13-21)25-22(27)15-14-20-10-6-4-7-11-20/h4-13H,14-17H2,1-3H3,(H,25,27). The van der Waals surface area contributed by atoms with Crippen LogP contribution in [0.15, 0.2) is 70.5 Å². The minimum absolute atomic E-state index is 0.139. The van der Waals surface area contributed by atoms with Crippen LogP contribution in [0.4, 0.5) is 5.82 Å². The van der Waals surface area contributed by atoms with Crippen LogP contribution in [-0.4, -0.2) is 32.6 Å². The summed E-state index contributed by atoms with van der Waals surface area (Å²) in [6, 6.07) is 18.0. The topological polar surface area (TPSA) is 77.4 Å². The van der Waals surface area contributed by atoms with Gasteiger partial charge >= 0.3 is 0 Å². The molecule has 0 unspecified atom stereocenters. The first-order valence-corrected chi connectivity index (χ1v) is 11.7. The van der Waals surface area contributed by atoms with Gasteiger partial charge in [-0.1, -0.05) is 48.5 Å². The maximum atomic E-state index is 13.5. The van der Waals surface area contributed by atoms with E-state index >= 15 is 0 Å². The van der Waals surface area contributed by atoms with Crippen LogP contribution in [0.2, 0.25) is 0 Å². The lowest BCUT2D eigenvalue weighted by Gasteiger charge is -2.14. The second-order valence-corrected chi connectivity index (χ2v) is 9.27. The van der Waals surface area contributed by atoms with E-state index in [1.807, 2.05) is 41.8 Å². The van der Waals surface area contributed by atoms with E-state index in [0.29, 0.717) is 31.0 Å². The number of nitrogens with zero attached hydrogens (tertiary/aromatic N) is 1. The van der Waals surface area contributed by atoms with Crippen molar-refractivity contribution < 1.29 is 17.9 Å². The van der Waals surface area contributed by atoms with Crippen LogP contribution in [0, 0.1) is 13.8 Å². The van der Waals surface area contributed by atoms with Gasteiger partial charge in [-0.2, -0.15) is 0 Å². The molecule has 164 valence electrons. The number of ether oxygens (including phenoxy) is 1. The van der Waals surface area contributed by atoms with Crippen molar-refractivity contribution in [2.24, 2.45) is 0 Å². The average molecular weight is 441 g/mol. The normalized spacial score (nSPS) is 11.5. The van der Waals surface area contributed by atoms with Crippen molar-refractivity contribution >= 4 is 21.6 Å². The first-order chi connectivity index (χ1) is 14.9. The Morgan fingerprint density at radius 1 is 1.00 bits per heavy atom. The summed E-state index contributed by atoms with van der Waals surface area (Å²) in [5, 5.41) is 2.89. The predicted molar refractivity (Wildman–Crippen MR) is 121 cm³/mol. The Morgan fingerprint density at radius 3 is 2.23 bits per heavy atom. The monoisotopic (exact) mass is 440 g/mol. The van der Waals surface area contributed by atoms with Gasteiger partial charge in [-0.25, -0.2) is 8.42 Å². The van der Waals surface area contributed by atoms with E-state index < -0.39 is 9.84 Å². The minimum Gasteiger partial charge on any atom is -0.383 e. The molecule has 3 rings (SSSR count). The SMILES string of the molecule is COCCn1c(C)c(C)c(S(=O)(=O)c2ccccc2)c1NC(=O)CCc1ccccc1. The van der Waals surface area contributed by atoms with Gasteiger partial charge in [-0.05, 0) is 43.5 Å². The van der Waals surface area contributed by atoms with E-state index in [9.17, 15) is 13.2 Å². The first kappa shape index (κ1) is 22.8. The fraction of sp³-hybridized carbons (Fsp3) is 0.292. The highest BCUT2D eigenvalue weighted by Crippen LogP contribution is 2.35. The van der Waals surface area contributed by atoms with Crippen molar-refractivity contribution in [2.75, 3.05) is 19.0 Å². The largest absolute Gasteiger partial charge is 0.383 e. The smallest absolute Gasteiger partial charge is 0.225 e. The summed E-state index contributed by atoms with van der Waals surface area (Å²) < 4.78 is 34.0. The molecule has 1 N–H and O–H groups in total. The lowest BCUT2D eigenvalue weighted by atomic mass is 10.1. The predicted octanol–water partition coefficient (Wildman–Crippen LogP) is 4.16. The van der Waals surface area contributed by atoms with Crippen LogP contribution >= 0.6 is 0 Å². The van der Waals surface area contributed by atoms with Gasteiger partial charge in [0.2, 0.25) is 15.7 Å². The molecule has 0 aliphatic rings. The number of benzene rings is 2. The molecule has 0 aliphatic carbocycles. The molecule has 0 bridgehead atoms. The van der Waals surface area contributed by atoms with Gasteiger partial charge in [0.25, 0.3) is 0 Å². The van der Waals surface area contributed by atoms with E-state index in [0.717, 1.165) is 11.3 Å². The molecule has 1 amide bonds. The molecule has 1 heterocycles. The molecule has 3 aromatic rings. The second-order valence-electron chi connectivity index (χ2n) is 7.38. The molecule has 6 nitrogen and oxygen atoms in total. The highest BCUT2D eigenvalue weighted by molar-refractivity contribution is 7.91. The Balaban J connectivity index is 1.98. The Bertz CT molecular complexity index is 1140. The summed E-state index contributed by atoms with van der Waals surface area (Å²) in [6.07, 6.45) is 0.826. The fourth-order valence-corrected chi connectivity index (χ4v) is 5.28. The van der Waals surface area contributed by atoms with Gasteiger partial charge in [0.1, 0.15) is 10.7 Å². The van der Waals surface area contributed by atoms with Crippen LogP contribution in [-0.2, 0) is 32.3 Å². The van der Waals surface area contributed by atoms with Crippen molar-refractivity contribution in [3.8, 4) is 0 Å². The zero-order chi connectivity index (χ0) is 22.4. The molecule has 0 atom stereocenters. The number of aromatic nitrogens is 1. The van der Waals surface area contributed by atoms with Crippen LogP contribution in [0.25, 0.3) is 0 Å². The summed E-state index contributed by atoms with van der Waals surface area (Å²) in [6.45, 7) is 4.46. The van der Waals surface area contributed by atoms with Gasteiger partial charge in [-0.3, -0.25) is 4.79 Å². The molecular formula is C24H28N2O4S. The zero-order valence-electron chi connectivity index (χ0n) is 18.1. The number of carbonyl (C=O) groups is 1. The number of hydrogen-bond donors (Lipinski definition) is 1. The molecule has 31 heavy (non-hydrogen) atoms. The third kappa shape index (κ3) is 5.06. The number of nitrogens with one attached hydrogen (secondary N) is 1. The van der Waals surface area contributed by atoms with Crippen molar-refractivity contribution in [1.82, 2.24) is 4.57 Å². The number of anilines is 1. The Morgan fingerprint density at radius 2 is 1.61 bits per heavy atom. The molecular weight excluding hydrogens is 412 g/mol. The minimum atomic E-state index is -3.82. The van der Waals surface area contributed by atoms with Crippen molar-refractivity contribution in [3.63, 3.8) is 0 Å². The summed E-state index contributed by atoms with van der Waals surface area (Å²) in [5.74, 6) is 0.0681. The lowest BCUT2D eigenvalue weighted by Crippen LogP contribution is -2.19. The van der Waals surface area contributed by atoms with E-state index in [1.54, 1.807) is 44.4 Å². The molecule has 0 fully saturated rings. The summed E-state index contributed by atoms with van der Waals surface area (Å²) in [7, 11) is -2.23. The number of sulfone groups is 1. The number of aryl methyl sites for hydroxylation is 1. The van der Waals surface area contributed by atoms with E-state index in [1.165, 1.54) is 0 Å². The molecule has 7 heteroatoms. The average Bonchev–Trinajstić information content (AvgIpc) is 3.01. The highest BCUT2D eigenvalue weighted by Gasteiger charge is 2.30. The molecule has 0 saturated heterocycles. The van der Waals surface area contributed by atoms with Crippen molar-refractivity contribution in [2.45, 2.75) is 43.0 Å². The number of hydrogen-bond acceptors (Lipinski definition) is 4. The van der Waals surface area contributed by atoms with Gasteiger partial charge < -0.3 is 14.6 Å². The lowest BCUT2D eigenvalue weighted by molar-refractivity contribution is -0.116. The quantitative estimate of drug-likeness (QED) is 0.542. The van der Waals surface area contributed by atoms with Gasteiger partial charge in [0, 0.05) is 25.8 Å². The Labute approximate surface area is 183 Å². The number of rotatable bonds is 9. The van der Waals surface area contributed by atoms with E-state index in [2.05, 4.69) is 5.32 Å². The zero-order valence-corrected chi connectivity index (χ0v) is 18.9. The summed E-state index contributed by atoms with van der Waals surface area (Å²) >= 11 is 0. The molecule has 1 aromatic heterocycles. The molecule has 0 spiro atoms. The third-order valence-electron chi connectivity index (χ3n) is 5.36. The first-order valence-electron chi connectivity index (χ1n) is 10.2. The van der Waals surface area contributed by atoms with E-state index in [4.69, 9.17) is 4.74 Å². The Hall–Kier alpha value is -2.90. The number of amides is 1. The van der Waals surface area contributed by atoms with Crippen LogP contribution in [0.5, 0.6) is 0 Å². The van der Waals surface area contributed by atoms with Gasteiger partial charge in [0.05, 0.1) is 11.5 Å². The number of methoxy groups -OCH3 is 1. The Kier molecular flexibility index (Phi) is 7.30. The molecule has 0 saturated carbocycles. The summed E-state index contributed by atoms with van der Waals surface area (Å²) in [5.41, 5.74) is 2.46. The highest BCUT2D eigenvalue weighted by atomic mass is 32.2. The van der Waals surface area contributed by atoms with Crippen molar-refractivity contribution in [3.05, 3.63) is 77.5 Å². The third-order valence-corrected chi connectivity index (χ3v) is 7.29. The van der Waals surface area contributed by atoms with E-state index in [-0.39, 0.29) is 22.1 Å². The van der Waals surface area contributed by atoms with Crippen LogP contribution in [0.1, 0.15) is 23.2 Å². The van der Waals surface area contributed by atoms with Crippen LogP contribution < -0.4 is 5.32 Å². The van der Waals surface area contributed by atoms with Crippen molar-refractivity contribution in [1.29, 1.82) is 0 Å². The van der Waals surface area contributed by atoms with Crippen LogP contribution in [0.3, 0.4) is 0 Å². The van der Waals surface area contributed by atoms with Gasteiger partial charge in [-0.15, -0.1) is 0 Å². The maximum Gasteiger partial charge on any atom is 0.225 e. The van der Waals surface area contributed by atoms with Gasteiger partial charge in [0.15, 0.2) is 0 Å².